The molecule has 0 heterocycles. The molecule has 1 aromatic rings. The number of rotatable bonds is 2. The topological polar surface area (TPSA) is 54.4 Å². The lowest BCUT2D eigenvalue weighted by Gasteiger charge is -2.06. The van der Waals surface area contributed by atoms with Gasteiger partial charge in [-0.3, -0.25) is 9.59 Å². The van der Waals surface area contributed by atoms with Crippen molar-refractivity contribution in [3.63, 3.8) is 0 Å². The van der Waals surface area contributed by atoms with E-state index < -0.39 is 0 Å². The molecular formula is C11H12O3. The van der Waals surface area contributed by atoms with Gasteiger partial charge < -0.3 is 5.11 Å². The van der Waals surface area contributed by atoms with Gasteiger partial charge in [0.25, 0.3) is 0 Å². The Hall–Kier alpha value is -1.64. The van der Waals surface area contributed by atoms with Crippen molar-refractivity contribution in [3.05, 3.63) is 28.8 Å². The summed E-state index contributed by atoms with van der Waals surface area (Å²) in [5.41, 5.74) is 1.20. The van der Waals surface area contributed by atoms with Crippen LogP contribution in [0.2, 0.25) is 0 Å². The molecule has 0 atom stereocenters. The molecule has 0 amide bonds. The van der Waals surface area contributed by atoms with Crippen LogP contribution in [0.25, 0.3) is 0 Å². The first kappa shape index (κ1) is 10.4. The molecule has 0 radical (unpaired) electrons. The maximum absolute atomic E-state index is 11.1. The Morgan fingerprint density at radius 1 is 1.14 bits per heavy atom. The fraction of sp³-hybridized carbons (Fsp3) is 0.273. The van der Waals surface area contributed by atoms with Crippen LogP contribution in [0.4, 0.5) is 0 Å². The molecule has 74 valence electrons. The van der Waals surface area contributed by atoms with Gasteiger partial charge in [0.05, 0.1) is 5.56 Å². The zero-order valence-corrected chi connectivity index (χ0v) is 8.42. The van der Waals surface area contributed by atoms with Crippen LogP contribution in [-0.4, -0.2) is 16.7 Å². The molecule has 0 aliphatic heterocycles. The van der Waals surface area contributed by atoms with Gasteiger partial charge in [-0.25, -0.2) is 0 Å². The number of phenols is 1. The summed E-state index contributed by atoms with van der Waals surface area (Å²) in [5.74, 6) is -0.396. The monoisotopic (exact) mass is 192 g/mol. The largest absolute Gasteiger partial charge is 0.507 e. The van der Waals surface area contributed by atoms with Crippen LogP contribution < -0.4 is 0 Å². The minimum atomic E-state index is -0.242. The van der Waals surface area contributed by atoms with Gasteiger partial charge in [-0.15, -0.1) is 0 Å². The summed E-state index contributed by atoms with van der Waals surface area (Å²) in [7, 11) is 0. The second kappa shape index (κ2) is 3.62. The highest BCUT2D eigenvalue weighted by Crippen LogP contribution is 2.24. The Balaban J connectivity index is 3.43. The number of aryl methyl sites for hydroxylation is 1. The van der Waals surface area contributed by atoms with Gasteiger partial charge in [0, 0.05) is 5.56 Å². The van der Waals surface area contributed by atoms with Crippen LogP contribution in [-0.2, 0) is 0 Å². The number of phenolic OH excluding ortho intramolecular Hbond substituents is 1. The number of hydrogen-bond acceptors (Lipinski definition) is 3. The fourth-order valence-corrected chi connectivity index (χ4v) is 1.25. The summed E-state index contributed by atoms with van der Waals surface area (Å²) in [6.45, 7) is 4.45. The van der Waals surface area contributed by atoms with Gasteiger partial charge in [-0.05, 0) is 38.5 Å². The minimum Gasteiger partial charge on any atom is -0.507 e. The molecule has 0 aliphatic carbocycles. The third kappa shape index (κ3) is 1.82. The average molecular weight is 192 g/mol. The Kier molecular flexibility index (Phi) is 2.70. The molecule has 0 bridgehead atoms. The molecule has 0 spiro atoms. The van der Waals surface area contributed by atoms with Crippen molar-refractivity contribution in [3.8, 4) is 5.75 Å². The molecule has 0 saturated heterocycles. The number of carbonyl (C=O) groups is 2. The Morgan fingerprint density at radius 2 is 1.71 bits per heavy atom. The highest BCUT2D eigenvalue weighted by atomic mass is 16.3. The summed E-state index contributed by atoms with van der Waals surface area (Å²) < 4.78 is 0. The minimum absolute atomic E-state index is 0.0394. The molecule has 1 rings (SSSR count). The number of benzene rings is 1. The zero-order chi connectivity index (χ0) is 10.9. The van der Waals surface area contributed by atoms with E-state index in [1.807, 2.05) is 0 Å². The quantitative estimate of drug-likeness (QED) is 0.730. The maximum Gasteiger partial charge on any atom is 0.163 e. The van der Waals surface area contributed by atoms with Gasteiger partial charge in [-0.2, -0.15) is 0 Å². The first-order valence-electron chi connectivity index (χ1n) is 4.29. The molecule has 0 aromatic heterocycles. The van der Waals surface area contributed by atoms with Crippen LogP contribution in [0.5, 0.6) is 5.75 Å². The van der Waals surface area contributed by atoms with Crippen LogP contribution in [0.15, 0.2) is 12.1 Å². The lowest BCUT2D eigenvalue weighted by Crippen LogP contribution is -2.00. The second-order valence-corrected chi connectivity index (χ2v) is 3.30. The first-order valence-corrected chi connectivity index (χ1v) is 4.29. The third-order valence-corrected chi connectivity index (χ3v) is 2.09. The van der Waals surface area contributed by atoms with Crippen molar-refractivity contribution in [1.82, 2.24) is 0 Å². The molecule has 0 aliphatic rings. The Labute approximate surface area is 82.4 Å². The Bertz CT molecular complexity index is 405. The average Bonchev–Trinajstić information content (AvgIpc) is 2.08. The van der Waals surface area contributed by atoms with E-state index in [1.54, 1.807) is 13.0 Å². The number of aromatic hydroxyl groups is 1. The summed E-state index contributed by atoms with van der Waals surface area (Å²) in [5, 5.41) is 9.54. The van der Waals surface area contributed by atoms with Crippen LogP contribution in [0.1, 0.15) is 40.1 Å². The summed E-state index contributed by atoms with van der Waals surface area (Å²) >= 11 is 0. The number of ketones is 2. The van der Waals surface area contributed by atoms with E-state index in [-0.39, 0.29) is 22.9 Å². The molecule has 0 saturated carbocycles. The fourth-order valence-electron chi connectivity index (χ4n) is 1.25. The van der Waals surface area contributed by atoms with Gasteiger partial charge in [0.15, 0.2) is 11.6 Å². The van der Waals surface area contributed by atoms with Crippen molar-refractivity contribution < 1.29 is 14.7 Å². The van der Waals surface area contributed by atoms with Crippen molar-refractivity contribution in [1.29, 1.82) is 0 Å². The highest BCUT2D eigenvalue weighted by molar-refractivity contribution is 6.01. The van der Waals surface area contributed by atoms with Gasteiger partial charge in [0.1, 0.15) is 5.75 Å². The van der Waals surface area contributed by atoms with Crippen molar-refractivity contribution in [2.24, 2.45) is 0 Å². The SMILES string of the molecule is CC(=O)c1cc(C)c(O)c(C(C)=O)c1. The van der Waals surface area contributed by atoms with E-state index >= 15 is 0 Å². The number of Topliss-reactive ketones (excluding diaryl/α,β-unsaturated/α-hetero) is 2. The highest BCUT2D eigenvalue weighted by Gasteiger charge is 2.12. The second-order valence-electron chi connectivity index (χ2n) is 3.30. The predicted octanol–water partition coefficient (Wildman–Crippen LogP) is 2.11. The predicted molar refractivity (Wildman–Crippen MR) is 52.9 cm³/mol. The molecule has 0 unspecified atom stereocenters. The number of carbonyl (C=O) groups excluding carboxylic acids is 2. The summed E-state index contributed by atoms with van der Waals surface area (Å²) in [4.78, 5) is 22.2. The summed E-state index contributed by atoms with van der Waals surface area (Å²) in [6, 6.07) is 3.00. The lowest BCUT2D eigenvalue weighted by molar-refractivity contribution is 0.101. The number of hydrogen-bond donors (Lipinski definition) is 1. The summed E-state index contributed by atoms with van der Waals surface area (Å²) in [6.07, 6.45) is 0. The van der Waals surface area contributed by atoms with Crippen LogP contribution >= 0.6 is 0 Å². The van der Waals surface area contributed by atoms with Gasteiger partial charge in [0.2, 0.25) is 0 Å². The van der Waals surface area contributed by atoms with E-state index in [0.717, 1.165) is 0 Å². The molecule has 14 heavy (non-hydrogen) atoms. The molecule has 1 N–H and O–H groups in total. The normalized spacial score (nSPS) is 9.93. The van der Waals surface area contributed by atoms with E-state index in [2.05, 4.69) is 0 Å². The molecular weight excluding hydrogens is 180 g/mol. The maximum atomic E-state index is 11.1. The lowest BCUT2D eigenvalue weighted by atomic mass is 10.0. The van der Waals surface area contributed by atoms with E-state index in [4.69, 9.17) is 0 Å². The third-order valence-electron chi connectivity index (χ3n) is 2.09. The first-order chi connectivity index (χ1) is 6.43. The van der Waals surface area contributed by atoms with Gasteiger partial charge in [-0.1, -0.05) is 0 Å². The standard InChI is InChI=1S/C11H12O3/c1-6-4-9(7(2)12)5-10(8(3)13)11(6)14/h4-5,14H,1-3H3. The van der Waals surface area contributed by atoms with Crippen molar-refractivity contribution in [2.75, 3.05) is 0 Å². The molecule has 0 fully saturated rings. The van der Waals surface area contributed by atoms with Gasteiger partial charge >= 0.3 is 0 Å². The molecule has 1 aromatic carbocycles. The molecule has 3 nitrogen and oxygen atoms in total. The van der Waals surface area contributed by atoms with Crippen LogP contribution in [0, 0.1) is 6.92 Å². The van der Waals surface area contributed by atoms with Crippen molar-refractivity contribution in [2.45, 2.75) is 20.8 Å². The van der Waals surface area contributed by atoms with E-state index in [0.29, 0.717) is 11.1 Å². The Morgan fingerprint density at radius 3 is 2.14 bits per heavy atom. The van der Waals surface area contributed by atoms with Crippen LogP contribution in [0.3, 0.4) is 0 Å². The van der Waals surface area contributed by atoms with E-state index in [9.17, 15) is 14.7 Å². The van der Waals surface area contributed by atoms with E-state index in [1.165, 1.54) is 19.9 Å². The zero-order valence-electron chi connectivity index (χ0n) is 8.42. The molecule has 3 heteroatoms. The van der Waals surface area contributed by atoms with Crippen molar-refractivity contribution >= 4 is 11.6 Å². The smallest absolute Gasteiger partial charge is 0.163 e.